The lowest BCUT2D eigenvalue weighted by atomic mass is 9.73. The van der Waals surface area contributed by atoms with Crippen LogP contribution in [-0.2, 0) is 27.5 Å². The molecule has 3 atom stereocenters. The second-order valence-corrected chi connectivity index (χ2v) is 12.4. The Balaban J connectivity index is 0.000000230. The van der Waals surface area contributed by atoms with Gasteiger partial charge in [-0.3, -0.25) is 39.5 Å². The van der Waals surface area contributed by atoms with Crippen LogP contribution in [0, 0.1) is 42.9 Å². The van der Waals surface area contributed by atoms with Gasteiger partial charge < -0.3 is 10.0 Å². The van der Waals surface area contributed by atoms with E-state index in [1.165, 1.54) is 17.0 Å². The highest BCUT2D eigenvalue weighted by atomic mass is 16.6. The lowest BCUT2D eigenvalue weighted by Gasteiger charge is -2.45. The third kappa shape index (κ3) is 6.81. The second-order valence-electron chi connectivity index (χ2n) is 12.4. The van der Waals surface area contributed by atoms with E-state index in [1.807, 2.05) is 34.6 Å². The van der Waals surface area contributed by atoms with Gasteiger partial charge in [-0.1, -0.05) is 77.9 Å². The Morgan fingerprint density at radius 2 is 1.24 bits per heavy atom. The van der Waals surface area contributed by atoms with Crippen LogP contribution in [0.3, 0.4) is 0 Å². The topological polar surface area (TPSA) is 164 Å². The van der Waals surface area contributed by atoms with E-state index in [9.17, 15) is 39.7 Å². The van der Waals surface area contributed by atoms with Crippen LogP contribution in [0.2, 0.25) is 0 Å². The number of carbonyl (C=O) groups is 3. The average Bonchev–Trinajstić information content (AvgIpc) is 2.91. The fourth-order valence-electron chi connectivity index (χ4n) is 5.15. The molecule has 3 amide bonds. The van der Waals surface area contributed by atoms with Crippen molar-refractivity contribution in [1.29, 1.82) is 0 Å². The third-order valence-corrected chi connectivity index (χ3v) is 8.69. The van der Waals surface area contributed by atoms with Crippen LogP contribution < -0.4 is 0 Å². The van der Waals surface area contributed by atoms with Gasteiger partial charge in [0.15, 0.2) is 0 Å². The molecule has 2 fully saturated rings. The lowest BCUT2D eigenvalue weighted by Crippen LogP contribution is -2.53. The number of nitro groups is 2. The first-order valence-electron chi connectivity index (χ1n) is 13.7. The molecule has 0 radical (unpaired) electrons. The van der Waals surface area contributed by atoms with Crippen molar-refractivity contribution in [1.82, 2.24) is 9.80 Å². The molecule has 3 unspecified atom stereocenters. The van der Waals surface area contributed by atoms with Crippen molar-refractivity contribution in [2.24, 2.45) is 22.7 Å². The zero-order valence-electron chi connectivity index (χ0n) is 24.8. The number of benzene rings is 2. The molecular formula is C30H38N4O8. The van der Waals surface area contributed by atoms with E-state index in [2.05, 4.69) is 0 Å². The highest BCUT2D eigenvalue weighted by Gasteiger charge is 2.45. The van der Waals surface area contributed by atoms with Crippen molar-refractivity contribution >= 4 is 29.1 Å². The summed E-state index contributed by atoms with van der Waals surface area (Å²) in [5, 5.41) is 32.4. The SMILES string of the molecule is CC1C(=O)N(Cc2ccccc2[N+](=O)[O-])C(=O)CC1(C)C.CC1C(O)N(Cc2ccccc2[N+](=O)[O-])C(=O)CC1(C)C. The maximum Gasteiger partial charge on any atom is 0.274 e. The molecule has 0 aliphatic carbocycles. The summed E-state index contributed by atoms with van der Waals surface area (Å²) in [6.07, 6.45) is -0.340. The van der Waals surface area contributed by atoms with Gasteiger partial charge in [0, 0.05) is 47.9 Å². The Labute approximate surface area is 244 Å². The van der Waals surface area contributed by atoms with Crippen LogP contribution in [0.5, 0.6) is 0 Å². The maximum absolute atomic E-state index is 12.4. The molecule has 42 heavy (non-hydrogen) atoms. The number of carbonyl (C=O) groups excluding carboxylic acids is 3. The molecule has 0 saturated carbocycles. The maximum atomic E-state index is 12.4. The van der Waals surface area contributed by atoms with E-state index >= 15 is 0 Å². The summed E-state index contributed by atoms with van der Waals surface area (Å²) in [6, 6.07) is 12.5. The Morgan fingerprint density at radius 3 is 1.74 bits per heavy atom. The van der Waals surface area contributed by atoms with Gasteiger partial charge in [-0.25, -0.2) is 0 Å². The molecule has 12 heteroatoms. The van der Waals surface area contributed by atoms with Gasteiger partial charge in [0.25, 0.3) is 11.4 Å². The summed E-state index contributed by atoms with van der Waals surface area (Å²) in [5.41, 5.74) is 0.0339. The van der Waals surface area contributed by atoms with Crippen molar-refractivity contribution in [3.05, 3.63) is 79.9 Å². The number of nitro benzene ring substituents is 2. The number of piperidine rings is 2. The zero-order valence-corrected chi connectivity index (χ0v) is 24.8. The van der Waals surface area contributed by atoms with Crippen molar-refractivity contribution in [3.8, 4) is 0 Å². The normalized spacial score (nSPS) is 23.2. The van der Waals surface area contributed by atoms with E-state index in [0.29, 0.717) is 17.5 Å². The molecule has 0 spiro atoms. The van der Waals surface area contributed by atoms with Crippen LogP contribution >= 0.6 is 0 Å². The Kier molecular flexibility index (Phi) is 9.51. The summed E-state index contributed by atoms with van der Waals surface area (Å²) < 4.78 is 0. The molecule has 2 aliphatic rings. The minimum absolute atomic E-state index is 0.0324. The van der Waals surface area contributed by atoms with E-state index in [4.69, 9.17) is 0 Å². The van der Waals surface area contributed by atoms with Gasteiger partial charge in [-0.2, -0.15) is 0 Å². The van der Waals surface area contributed by atoms with Crippen LogP contribution in [0.4, 0.5) is 11.4 Å². The van der Waals surface area contributed by atoms with Crippen LogP contribution in [0.25, 0.3) is 0 Å². The molecule has 12 nitrogen and oxygen atoms in total. The number of hydrogen-bond acceptors (Lipinski definition) is 8. The summed E-state index contributed by atoms with van der Waals surface area (Å²) in [7, 11) is 0. The standard InChI is InChI=1S/C15H20N2O4.C15H18N2O4/c2*1-10-14(19)16(13(18)8-15(10,2)3)9-11-6-4-5-7-12(11)17(20)21/h4-7,10,14,19H,8-9H2,1-3H3;4-7,10H,8-9H2,1-3H3. The van der Waals surface area contributed by atoms with Crippen LogP contribution in [0.15, 0.2) is 48.5 Å². The fraction of sp³-hybridized carbons (Fsp3) is 0.500. The average molecular weight is 583 g/mol. The van der Waals surface area contributed by atoms with Gasteiger partial charge >= 0.3 is 0 Å². The Bertz CT molecular complexity index is 1390. The molecule has 2 aromatic carbocycles. The Morgan fingerprint density at radius 1 is 0.786 bits per heavy atom. The van der Waals surface area contributed by atoms with Crippen molar-refractivity contribution in [2.75, 3.05) is 0 Å². The summed E-state index contributed by atoms with van der Waals surface area (Å²) >= 11 is 0. The molecule has 2 heterocycles. The number of para-hydroxylation sites is 2. The van der Waals surface area contributed by atoms with E-state index < -0.39 is 16.1 Å². The first kappa shape index (κ1) is 32.3. The smallest absolute Gasteiger partial charge is 0.274 e. The minimum Gasteiger partial charge on any atom is -0.373 e. The number of aliphatic hydroxyl groups is 1. The highest BCUT2D eigenvalue weighted by Crippen LogP contribution is 2.40. The predicted octanol–water partition coefficient (Wildman–Crippen LogP) is 4.82. The largest absolute Gasteiger partial charge is 0.373 e. The molecule has 2 aliphatic heterocycles. The number of nitrogens with zero attached hydrogens (tertiary/aromatic N) is 4. The first-order valence-corrected chi connectivity index (χ1v) is 13.7. The molecule has 1 N–H and O–H groups in total. The van der Waals surface area contributed by atoms with Gasteiger partial charge in [-0.15, -0.1) is 0 Å². The first-order chi connectivity index (χ1) is 19.5. The molecule has 226 valence electrons. The minimum atomic E-state index is -0.930. The van der Waals surface area contributed by atoms with E-state index in [0.717, 1.165) is 4.90 Å². The molecular weight excluding hydrogens is 544 g/mol. The van der Waals surface area contributed by atoms with Gasteiger partial charge in [0.1, 0.15) is 6.23 Å². The lowest BCUT2D eigenvalue weighted by molar-refractivity contribution is -0.385. The van der Waals surface area contributed by atoms with Gasteiger partial charge in [0.05, 0.1) is 22.9 Å². The van der Waals surface area contributed by atoms with E-state index in [1.54, 1.807) is 43.3 Å². The zero-order chi connectivity index (χ0) is 31.6. The van der Waals surface area contributed by atoms with Crippen LogP contribution in [0.1, 0.15) is 65.5 Å². The fourth-order valence-corrected chi connectivity index (χ4v) is 5.15. The van der Waals surface area contributed by atoms with E-state index in [-0.39, 0.29) is 71.3 Å². The van der Waals surface area contributed by atoms with Crippen molar-refractivity contribution in [3.63, 3.8) is 0 Å². The van der Waals surface area contributed by atoms with Gasteiger partial charge in [-0.05, 0) is 10.8 Å². The number of amides is 3. The quantitative estimate of drug-likeness (QED) is 0.288. The molecule has 2 saturated heterocycles. The molecule has 0 bridgehead atoms. The highest BCUT2D eigenvalue weighted by molar-refractivity contribution is 5.99. The van der Waals surface area contributed by atoms with Crippen LogP contribution in [-0.4, -0.2) is 48.7 Å². The van der Waals surface area contributed by atoms with Crippen molar-refractivity contribution < 1.29 is 29.3 Å². The number of hydrogen-bond donors (Lipinski definition) is 1. The summed E-state index contributed by atoms with van der Waals surface area (Å²) in [4.78, 5) is 60.4. The Hall–Kier alpha value is -4.19. The van der Waals surface area contributed by atoms with Crippen molar-refractivity contribution in [2.45, 2.75) is 73.7 Å². The number of aliphatic hydroxyl groups excluding tert-OH is 1. The second kappa shape index (κ2) is 12.4. The molecule has 4 rings (SSSR count). The monoisotopic (exact) mass is 582 g/mol. The molecule has 2 aromatic rings. The summed E-state index contributed by atoms with van der Waals surface area (Å²) in [6.45, 7) is 11.4. The predicted molar refractivity (Wildman–Crippen MR) is 153 cm³/mol. The molecule has 0 aromatic heterocycles. The number of rotatable bonds is 6. The van der Waals surface area contributed by atoms with Gasteiger partial charge in [0.2, 0.25) is 17.7 Å². The number of imide groups is 1. The summed E-state index contributed by atoms with van der Waals surface area (Å²) in [5.74, 6) is -1.12. The third-order valence-electron chi connectivity index (χ3n) is 8.69. The number of likely N-dealkylation sites (tertiary alicyclic amines) is 2.